The molecule has 1 aromatic heterocycles. The number of carboxylic acid groups (broad SMARTS) is 1. The van der Waals surface area contributed by atoms with E-state index >= 15 is 0 Å². The van der Waals surface area contributed by atoms with Crippen LogP contribution in [0, 0.1) is 5.92 Å². The van der Waals surface area contributed by atoms with Crippen LogP contribution in [0.5, 0.6) is 0 Å². The van der Waals surface area contributed by atoms with Crippen molar-refractivity contribution in [3.05, 3.63) is 17.8 Å². The minimum atomic E-state index is -1.02. The van der Waals surface area contributed by atoms with Gasteiger partial charge in [-0.25, -0.2) is 9.78 Å². The average molecular weight is 249 g/mol. The molecular formula is C13H19N3O2. The van der Waals surface area contributed by atoms with Crippen LogP contribution in [0.15, 0.2) is 12.3 Å². The SMILES string of the molecule is Nc1c(C(=O)O)ccnc1NCC1CCCCC1. The molecule has 1 heterocycles. The number of hydrogen-bond acceptors (Lipinski definition) is 4. The first-order valence-electron chi connectivity index (χ1n) is 6.40. The molecule has 0 amide bonds. The van der Waals surface area contributed by atoms with E-state index in [0.717, 1.165) is 6.54 Å². The van der Waals surface area contributed by atoms with Crippen molar-refractivity contribution in [1.29, 1.82) is 0 Å². The Morgan fingerprint density at radius 1 is 1.44 bits per heavy atom. The maximum Gasteiger partial charge on any atom is 0.337 e. The number of anilines is 2. The summed E-state index contributed by atoms with van der Waals surface area (Å²) in [7, 11) is 0. The van der Waals surface area contributed by atoms with Crippen LogP contribution in [0.4, 0.5) is 11.5 Å². The maximum atomic E-state index is 10.9. The van der Waals surface area contributed by atoms with E-state index < -0.39 is 5.97 Å². The predicted octanol–water partition coefficient (Wildman–Crippen LogP) is 2.35. The third kappa shape index (κ3) is 2.91. The lowest BCUT2D eigenvalue weighted by atomic mass is 9.89. The van der Waals surface area contributed by atoms with Crippen molar-refractivity contribution in [2.45, 2.75) is 32.1 Å². The van der Waals surface area contributed by atoms with Crippen molar-refractivity contribution in [2.24, 2.45) is 5.92 Å². The van der Waals surface area contributed by atoms with Crippen LogP contribution in [0.1, 0.15) is 42.5 Å². The van der Waals surface area contributed by atoms with Gasteiger partial charge in [-0.3, -0.25) is 0 Å². The Morgan fingerprint density at radius 2 is 2.17 bits per heavy atom. The van der Waals surface area contributed by atoms with Gasteiger partial charge in [0, 0.05) is 12.7 Å². The molecular weight excluding hydrogens is 230 g/mol. The summed E-state index contributed by atoms with van der Waals surface area (Å²) < 4.78 is 0. The largest absolute Gasteiger partial charge is 0.478 e. The summed E-state index contributed by atoms with van der Waals surface area (Å²) in [5, 5.41) is 12.1. The van der Waals surface area contributed by atoms with Crippen LogP contribution in [0.3, 0.4) is 0 Å². The first-order chi connectivity index (χ1) is 8.68. The van der Waals surface area contributed by atoms with E-state index in [4.69, 9.17) is 10.8 Å². The quantitative estimate of drug-likeness (QED) is 0.762. The Labute approximate surface area is 106 Å². The molecule has 0 atom stereocenters. The Kier molecular flexibility index (Phi) is 4.02. The molecule has 0 saturated heterocycles. The molecule has 1 aliphatic carbocycles. The molecule has 0 aromatic carbocycles. The molecule has 5 heteroatoms. The summed E-state index contributed by atoms with van der Waals surface area (Å²) in [5.41, 5.74) is 6.12. The molecule has 1 fully saturated rings. The lowest BCUT2D eigenvalue weighted by Gasteiger charge is -2.22. The van der Waals surface area contributed by atoms with Crippen LogP contribution >= 0.6 is 0 Å². The molecule has 5 nitrogen and oxygen atoms in total. The second kappa shape index (κ2) is 5.71. The van der Waals surface area contributed by atoms with E-state index in [1.807, 2.05) is 0 Å². The van der Waals surface area contributed by atoms with Gasteiger partial charge in [-0.05, 0) is 24.8 Å². The van der Waals surface area contributed by atoms with E-state index in [1.165, 1.54) is 44.4 Å². The van der Waals surface area contributed by atoms with Crippen LogP contribution in [0.25, 0.3) is 0 Å². The number of carboxylic acids is 1. The van der Waals surface area contributed by atoms with E-state index in [2.05, 4.69) is 10.3 Å². The summed E-state index contributed by atoms with van der Waals surface area (Å²) in [6.45, 7) is 0.820. The van der Waals surface area contributed by atoms with Crippen molar-refractivity contribution in [3.63, 3.8) is 0 Å². The van der Waals surface area contributed by atoms with E-state index in [9.17, 15) is 4.79 Å². The van der Waals surface area contributed by atoms with Crippen molar-refractivity contribution in [3.8, 4) is 0 Å². The van der Waals surface area contributed by atoms with Gasteiger partial charge in [0.2, 0.25) is 0 Å². The number of aromatic nitrogens is 1. The zero-order valence-corrected chi connectivity index (χ0v) is 10.4. The van der Waals surface area contributed by atoms with E-state index in [0.29, 0.717) is 11.7 Å². The summed E-state index contributed by atoms with van der Waals surface area (Å²) >= 11 is 0. The lowest BCUT2D eigenvalue weighted by Crippen LogP contribution is -2.19. The number of nitrogen functional groups attached to an aromatic ring is 1. The zero-order chi connectivity index (χ0) is 13.0. The standard InChI is InChI=1S/C13H19N3O2/c14-11-10(13(17)18)6-7-15-12(11)16-8-9-4-2-1-3-5-9/h6-7,9H,1-5,8,14H2,(H,15,16)(H,17,18). The molecule has 0 radical (unpaired) electrons. The monoisotopic (exact) mass is 249 g/mol. The third-order valence-electron chi connectivity index (χ3n) is 3.50. The number of rotatable bonds is 4. The molecule has 1 aliphatic rings. The Balaban J connectivity index is 2.00. The van der Waals surface area contributed by atoms with E-state index in [-0.39, 0.29) is 11.3 Å². The van der Waals surface area contributed by atoms with Crippen molar-refractivity contribution in [1.82, 2.24) is 4.98 Å². The Hall–Kier alpha value is -1.78. The number of aromatic carboxylic acids is 1. The molecule has 1 saturated carbocycles. The summed E-state index contributed by atoms with van der Waals surface area (Å²) in [5.74, 6) is 0.115. The van der Waals surface area contributed by atoms with Gasteiger partial charge in [0.25, 0.3) is 0 Å². The highest BCUT2D eigenvalue weighted by atomic mass is 16.4. The van der Waals surface area contributed by atoms with Crippen molar-refractivity contribution < 1.29 is 9.90 Å². The first kappa shape index (κ1) is 12.7. The number of hydrogen-bond donors (Lipinski definition) is 3. The molecule has 0 unspecified atom stereocenters. The van der Waals surface area contributed by atoms with Crippen molar-refractivity contribution >= 4 is 17.5 Å². The van der Waals surface area contributed by atoms with Gasteiger partial charge < -0.3 is 16.2 Å². The van der Waals surface area contributed by atoms with Gasteiger partial charge in [0.1, 0.15) is 5.82 Å². The fraction of sp³-hybridized carbons (Fsp3) is 0.538. The van der Waals surface area contributed by atoms with Crippen LogP contribution < -0.4 is 11.1 Å². The maximum absolute atomic E-state index is 10.9. The number of carbonyl (C=O) groups is 1. The third-order valence-corrected chi connectivity index (χ3v) is 3.50. The fourth-order valence-electron chi connectivity index (χ4n) is 2.43. The number of nitrogens with zero attached hydrogens (tertiary/aromatic N) is 1. The average Bonchev–Trinajstić information content (AvgIpc) is 2.38. The van der Waals surface area contributed by atoms with Crippen LogP contribution in [0.2, 0.25) is 0 Å². The topological polar surface area (TPSA) is 88.2 Å². The number of pyridine rings is 1. The molecule has 1 aromatic rings. The predicted molar refractivity (Wildman–Crippen MR) is 70.7 cm³/mol. The lowest BCUT2D eigenvalue weighted by molar-refractivity contribution is 0.0698. The normalized spacial score (nSPS) is 16.4. The van der Waals surface area contributed by atoms with Gasteiger partial charge in [-0.1, -0.05) is 19.3 Å². The minimum Gasteiger partial charge on any atom is -0.478 e. The summed E-state index contributed by atoms with van der Waals surface area (Å²) in [4.78, 5) is 15.1. The van der Waals surface area contributed by atoms with Crippen LogP contribution in [-0.4, -0.2) is 22.6 Å². The highest BCUT2D eigenvalue weighted by Gasteiger charge is 2.15. The van der Waals surface area contributed by atoms with Crippen molar-refractivity contribution in [2.75, 3.05) is 17.6 Å². The van der Waals surface area contributed by atoms with Gasteiger partial charge in [0.15, 0.2) is 0 Å². The molecule has 4 N–H and O–H groups in total. The molecule has 0 spiro atoms. The highest BCUT2D eigenvalue weighted by molar-refractivity contribution is 5.96. The fourth-order valence-corrected chi connectivity index (χ4v) is 2.43. The summed E-state index contributed by atoms with van der Waals surface area (Å²) in [6, 6.07) is 1.42. The van der Waals surface area contributed by atoms with Gasteiger partial charge in [-0.15, -0.1) is 0 Å². The number of nitrogens with one attached hydrogen (secondary N) is 1. The number of nitrogens with two attached hydrogens (primary N) is 1. The molecule has 2 rings (SSSR count). The second-order valence-corrected chi connectivity index (χ2v) is 4.81. The zero-order valence-electron chi connectivity index (χ0n) is 10.4. The molecule has 0 aliphatic heterocycles. The van der Waals surface area contributed by atoms with Crippen LogP contribution in [-0.2, 0) is 0 Å². The molecule has 98 valence electrons. The Morgan fingerprint density at radius 3 is 2.83 bits per heavy atom. The van der Waals surface area contributed by atoms with Gasteiger partial charge >= 0.3 is 5.97 Å². The highest BCUT2D eigenvalue weighted by Crippen LogP contribution is 2.25. The van der Waals surface area contributed by atoms with Gasteiger partial charge in [-0.2, -0.15) is 0 Å². The van der Waals surface area contributed by atoms with Gasteiger partial charge in [0.05, 0.1) is 11.3 Å². The second-order valence-electron chi connectivity index (χ2n) is 4.81. The Bertz CT molecular complexity index is 428. The first-order valence-corrected chi connectivity index (χ1v) is 6.40. The van der Waals surface area contributed by atoms with E-state index in [1.54, 1.807) is 0 Å². The molecule has 18 heavy (non-hydrogen) atoms. The smallest absolute Gasteiger partial charge is 0.337 e. The summed E-state index contributed by atoms with van der Waals surface area (Å²) in [6.07, 6.45) is 7.82. The molecule has 0 bridgehead atoms. The minimum absolute atomic E-state index is 0.108.